The Morgan fingerprint density at radius 3 is 1.42 bits per heavy atom. The van der Waals surface area contributed by atoms with Gasteiger partial charge in [-0.05, 0) is 113 Å². The zero-order valence-electron chi connectivity index (χ0n) is 33.4. The molecule has 9 heteroatoms. The van der Waals surface area contributed by atoms with Gasteiger partial charge in [0.1, 0.15) is 0 Å². The van der Waals surface area contributed by atoms with E-state index in [1.807, 2.05) is 12.2 Å². The van der Waals surface area contributed by atoms with E-state index in [9.17, 15) is 40.2 Å². The van der Waals surface area contributed by atoms with Crippen molar-refractivity contribution in [1.29, 1.82) is 0 Å². The molecule has 0 aromatic rings. The molecular weight excluding hydrogens is 697 g/mol. The van der Waals surface area contributed by atoms with E-state index in [1.165, 1.54) is 11.1 Å². The van der Waals surface area contributed by atoms with Crippen LogP contribution in [0.15, 0.2) is 47.6 Å². The standard InChI is InChI=1S/2C22H36O4.Ca/c2*1-3-4-5-9-17(23)11-12-18-19-13-16(8-6-7-10-21(25)26)14-22(19,2)15-20(18)24;/h2*8,11-12,17-20,23-24H,3-7,9-10,13-15H2,1-2H3,(H,25,26);/q;;+2/p-2/b12-11?,16-8+;12-11?,16-8-;/t2*17-,18+,19+,20+,22-;/m00./s1. The molecule has 4 fully saturated rings. The van der Waals surface area contributed by atoms with E-state index in [1.54, 1.807) is 0 Å². The van der Waals surface area contributed by atoms with Crippen LogP contribution in [0.4, 0.5) is 0 Å². The molecule has 53 heavy (non-hydrogen) atoms. The van der Waals surface area contributed by atoms with Gasteiger partial charge in [0.05, 0.1) is 24.4 Å². The minimum absolute atomic E-state index is 0. The molecule has 0 amide bonds. The van der Waals surface area contributed by atoms with Gasteiger partial charge in [-0.2, -0.15) is 0 Å². The molecule has 0 unspecified atom stereocenters. The second kappa shape index (κ2) is 23.9. The SMILES string of the molecule is CCCCC[C@H](O)C=C[C@H]1[C@H](O)C[C@]2(C)C/C(=C/CCCC(=O)[O-])C[C@H]12.CCCCC[C@H](O)C=C[C@H]1[C@H](O)C[C@]2(C)C/C(=C\CCCC(=O)[O-])C[C@H]12.[Ca+2]. The number of aliphatic carboxylic acids is 2. The van der Waals surface area contributed by atoms with E-state index in [-0.39, 0.29) is 85.5 Å². The van der Waals surface area contributed by atoms with E-state index in [0.717, 1.165) is 103 Å². The van der Waals surface area contributed by atoms with Gasteiger partial charge >= 0.3 is 37.7 Å². The van der Waals surface area contributed by atoms with Crippen LogP contribution in [-0.4, -0.2) is 94.5 Å². The zero-order chi connectivity index (χ0) is 38.3. The maximum atomic E-state index is 10.5. The summed E-state index contributed by atoms with van der Waals surface area (Å²) in [6.45, 7) is 8.83. The maximum absolute atomic E-state index is 10.5. The average molecular weight is 767 g/mol. The van der Waals surface area contributed by atoms with Crippen LogP contribution < -0.4 is 10.2 Å². The van der Waals surface area contributed by atoms with Crippen LogP contribution in [0.5, 0.6) is 0 Å². The van der Waals surface area contributed by atoms with Crippen LogP contribution in [0.25, 0.3) is 0 Å². The molecule has 4 saturated carbocycles. The summed E-state index contributed by atoms with van der Waals surface area (Å²) >= 11 is 0. The molecule has 0 radical (unpaired) electrons. The summed E-state index contributed by atoms with van der Waals surface area (Å²) in [6, 6.07) is 0. The van der Waals surface area contributed by atoms with E-state index in [2.05, 4.69) is 52.0 Å². The van der Waals surface area contributed by atoms with Crippen molar-refractivity contribution in [3.63, 3.8) is 0 Å². The minimum atomic E-state index is -0.982. The topological polar surface area (TPSA) is 161 Å². The number of carbonyl (C=O) groups excluding carboxylic acids is 2. The summed E-state index contributed by atoms with van der Waals surface area (Å²) in [7, 11) is 0. The predicted octanol–water partition coefficient (Wildman–Crippen LogP) is 5.87. The van der Waals surface area contributed by atoms with Gasteiger partial charge in [-0.3, -0.25) is 0 Å². The van der Waals surface area contributed by atoms with Crippen molar-refractivity contribution in [2.24, 2.45) is 34.5 Å². The summed E-state index contributed by atoms with van der Waals surface area (Å²) in [5.41, 5.74) is 3.01. The van der Waals surface area contributed by atoms with E-state index in [0.29, 0.717) is 24.7 Å². The Hall–Kier alpha value is -1.00. The Morgan fingerprint density at radius 1 is 0.698 bits per heavy atom. The first kappa shape index (κ1) is 48.1. The third kappa shape index (κ3) is 15.5. The van der Waals surface area contributed by atoms with Gasteiger partial charge in [-0.1, -0.05) is 114 Å². The van der Waals surface area contributed by atoms with Crippen LogP contribution in [0, 0.1) is 34.5 Å². The number of hydrogen-bond acceptors (Lipinski definition) is 8. The average Bonchev–Trinajstić information content (AvgIpc) is 3.71. The Kier molecular flexibility index (Phi) is 21.7. The summed E-state index contributed by atoms with van der Waals surface area (Å²) < 4.78 is 0. The number of unbranched alkanes of at least 4 members (excludes halogenated alkanes) is 6. The van der Waals surface area contributed by atoms with Gasteiger partial charge in [0, 0.05) is 23.8 Å². The number of carboxylic acid groups (broad SMARTS) is 2. The monoisotopic (exact) mass is 766 g/mol. The van der Waals surface area contributed by atoms with Crippen molar-refractivity contribution in [2.45, 2.75) is 181 Å². The Morgan fingerprint density at radius 2 is 1.08 bits per heavy atom. The third-order valence-electron chi connectivity index (χ3n) is 12.5. The number of aliphatic hydroxyl groups is 4. The largest absolute Gasteiger partial charge is 2.00 e. The summed E-state index contributed by atoms with van der Waals surface area (Å²) in [6.07, 6.45) is 27.6. The third-order valence-corrected chi connectivity index (χ3v) is 12.5. The summed E-state index contributed by atoms with van der Waals surface area (Å²) in [5.74, 6) is -0.938. The second-order valence-corrected chi connectivity index (χ2v) is 17.1. The first-order valence-electron chi connectivity index (χ1n) is 20.6. The molecule has 0 aromatic carbocycles. The molecule has 8 nitrogen and oxygen atoms in total. The van der Waals surface area contributed by atoms with Gasteiger partial charge in [-0.15, -0.1) is 0 Å². The first-order chi connectivity index (χ1) is 24.7. The van der Waals surface area contributed by atoms with Crippen LogP contribution in [0.2, 0.25) is 0 Å². The second-order valence-electron chi connectivity index (χ2n) is 17.1. The molecule has 0 aromatic heterocycles. The predicted molar refractivity (Wildman–Crippen MR) is 208 cm³/mol. The van der Waals surface area contributed by atoms with Crippen molar-refractivity contribution in [2.75, 3.05) is 0 Å². The first-order valence-corrected chi connectivity index (χ1v) is 20.6. The fourth-order valence-electron chi connectivity index (χ4n) is 9.77. The molecule has 0 bridgehead atoms. The molecule has 296 valence electrons. The molecule has 4 rings (SSSR count). The number of hydrogen-bond donors (Lipinski definition) is 4. The van der Waals surface area contributed by atoms with Crippen molar-refractivity contribution in [1.82, 2.24) is 0 Å². The summed E-state index contributed by atoms with van der Waals surface area (Å²) in [4.78, 5) is 21.0. The molecule has 4 aliphatic carbocycles. The molecular formula is C44H70CaO8. The molecule has 4 N–H and O–H groups in total. The van der Waals surface area contributed by atoms with Crippen molar-refractivity contribution < 1.29 is 40.2 Å². The van der Waals surface area contributed by atoms with E-state index < -0.39 is 24.1 Å². The fourth-order valence-corrected chi connectivity index (χ4v) is 9.77. The van der Waals surface area contributed by atoms with Gasteiger partial charge in [-0.25, -0.2) is 0 Å². The van der Waals surface area contributed by atoms with Crippen molar-refractivity contribution in [3.05, 3.63) is 47.6 Å². The van der Waals surface area contributed by atoms with Crippen molar-refractivity contribution in [3.8, 4) is 0 Å². The number of allylic oxidation sites excluding steroid dienone is 4. The van der Waals surface area contributed by atoms with Crippen LogP contribution in [-0.2, 0) is 9.59 Å². The minimum Gasteiger partial charge on any atom is -0.550 e. The molecule has 0 saturated heterocycles. The number of fused-ring (bicyclic) bond motifs is 2. The molecule has 0 heterocycles. The molecule has 0 aliphatic heterocycles. The number of carbonyl (C=O) groups is 2. The fraction of sp³-hybridized carbons (Fsp3) is 0.773. The quantitative estimate of drug-likeness (QED) is 0.0680. The van der Waals surface area contributed by atoms with Gasteiger partial charge < -0.3 is 40.2 Å². The van der Waals surface area contributed by atoms with Crippen LogP contribution >= 0.6 is 0 Å². The van der Waals surface area contributed by atoms with Gasteiger partial charge in [0.15, 0.2) is 0 Å². The normalized spacial score (nSPS) is 33.2. The maximum Gasteiger partial charge on any atom is 2.00 e. The molecule has 10 atom stereocenters. The van der Waals surface area contributed by atoms with E-state index in [4.69, 9.17) is 0 Å². The van der Waals surface area contributed by atoms with Gasteiger partial charge in [0.2, 0.25) is 0 Å². The zero-order valence-corrected chi connectivity index (χ0v) is 35.6. The van der Waals surface area contributed by atoms with Crippen LogP contribution in [0.1, 0.15) is 156 Å². The number of carboxylic acids is 2. The smallest absolute Gasteiger partial charge is 0.550 e. The number of rotatable bonds is 20. The number of aliphatic hydroxyl groups excluding tert-OH is 4. The van der Waals surface area contributed by atoms with Gasteiger partial charge in [0.25, 0.3) is 0 Å². The Labute approximate surface area is 350 Å². The Bertz CT molecular complexity index is 1150. The van der Waals surface area contributed by atoms with E-state index >= 15 is 0 Å². The van der Waals surface area contributed by atoms with Crippen molar-refractivity contribution >= 4 is 49.7 Å². The summed E-state index contributed by atoms with van der Waals surface area (Å²) in [5, 5.41) is 62.3. The molecule has 4 aliphatic rings. The Balaban J connectivity index is 0.000000360. The molecule has 0 spiro atoms. The van der Waals surface area contributed by atoms with Crippen LogP contribution in [0.3, 0.4) is 0 Å².